The van der Waals surface area contributed by atoms with Crippen molar-refractivity contribution in [2.45, 2.75) is 26.4 Å². The third kappa shape index (κ3) is 3.92. The van der Waals surface area contributed by atoms with Gasteiger partial charge in [0.05, 0.1) is 12.2 Å². The van der Waals surface area contributed by atoms with Gasteiger partial charge in [-0.25, -0.2) is 9.18 Å². The van der Waals surface area contributed by atoms with Crippen LogP contribution >= 0.6 is 0 Å². The minimum absolute atomic E-state index is 0.0421. The second-order valence-corrected chi connectivity index (χ2v) is 7.39. The summed E-state index contributed by atoms with van der Waals surface area (Å²) in [5, 5.41) is 9.15. The molecule has 0 aliphatic heterocycles. The lowest BCUT2D eigenvalue weighted by atomic mass is 10.3. The van der Waals surface area contributed by atoms with Crippen molar-refractivity contribution in [3.05, 3.63) is 80.5 Å². The second-order valence-electron chi connectivity index (χ2n) is 7.39. The predicted molar refractivity (Wildman–Crippen MR) is 115 cm³/mol. The van der Waals surface area contributed by atoms with Crippen LogP contribution in [0.2, 0.25) is 0 Å². The Kier molecular flexibility index (Phi) is 5.87. The lowest BCUT2D eigenvalue weighted by molar-refractivity contribution is 0.277. The molecule has 1 N–H and O–H groups in total. The van der Waals surface area contributed by atoms with Crippen molar-refractivity contribution in [2.75, 3.05) is 6.61 Å². The number of ether oxygens (including phenoxy) is 1. The van der Waals surface area contributed by atoms with Crippen molar-refractivity contribution < 1.29 is 14.2 Å². The van der Waals surface area contributed by atoms with E-state index in [2.05, 4.69) is 9.97 Å². The van der Waals surface area contributed by atoms with Crippen molar-refractivity contribution in [1.82, 2.24) is 23.7 Å². The molecule has 0 amide bonds. The third-order valence-electron chi connectivity index (χ3n) is 5.07. The number of halogens is 1. The van der Waals surface area contributed by atoms with Gasteiger partial charge in [-0.05, 0) is 37.1 Å². The summed E-state index contributed by atoms with van der Waals surface area (Å²) >= 11 is 0. The van der Waals surface area contributed by atoms with E-state index < -0.39 is 17.1 Å². The fourth-order valence-electron chi connectivity index (χ4n) is 3.38. The minimum Gasteiger partial charge on any atom is -0.422 e. The smallest absolute Gasteiger partial charge is 0.332 e. The number of fused-ring (bicyclic) bond motifs is 1. The van der Waals surface area contributed by atoms with E-state index >= 15 is 0 Å². The van der Waals surface area contributed by atoms with Crippen LogP contribution in [-0.4, -0.2) is 35.4 Å². The zero-order valence-electron chi connectivity index (χ0n) is 17.7. The van der Waals surface area contributed by atoms with Crippen LogP contribution < -0.4 is 16.0 Å². The van der Waals surface area contributed by atoms with E-state index in [1.165, 1.54) is 34.4 Å². The van der Waals surface area contributed by atoms with Gasteiger partial charge in [0.15, 0.2) is 22.7 Å². The van der Waals surface area contributed by atoms with Gasteiger partial charge in [0.2, 0.25) is 0 Å². The number of aromatic nitrogens is 5. The maximum absolute atomic E-state index is 14.2. The van der Waals surface area contributed by atoms with Gasteiger partial charge in [0, 0.05) is 26.4 Å². The molecule has 10 heteroatoms. The van der Waals surface area contributed by atoms with E-state index in [1.54, 1.807) is 18.3 Å². The van der Waals surface area contributed by atoms with Gasteiger partial charge in [0.1, 0.15) is 0 Å². The van der Waals surface area contributed by atoms with Crippen molar-refractivity contribution in [1.29, 1.82) is 0 Å². The molecule has 0 fully saturated rings. The normalized spacial score (nSPS) is 11.2. The molecule has 0 unspecified atom stereocenters. The van der Waals surface area contributed by atoms with Gasteiger partial charge in [-0.3, -0.25) is 23.5 Å². The molecule has 0 aliphatic carbocycles. The molecule has 0 saturated carbocycles. The average Bonchev–Trinajstić information content (AvgIpc) is 3.13. The highest BCUT2D eigenvalue weighted by molar-refractivity contribution is 5.72. The fourth-order valence-corrected chi connectivity index (χ4v) is 3.38. The highest BCUT2D eigenvalue weighted by Gasteiger charge is 2.22. The molecule has 32 heavy (non-hydrogen) atoms. The van der Waals surface area contributed by atoms with E-state index in [0.717, 1.165) is 10.1 Å². The molecule has 3 heterocycles. The van der Waals surface area contributed by atoms with Crippen LogP contribution in [0, 0.1) is 12.7 Å². The van der Waals surface area contributed by atoms with Gasteiger partial charge >= 0.3 is 11.7 Å². The Hall–Kier alpha value is -3.79. The van der Waals surface area contributed by atoms with E-state index in [-0.39, 0.29) is 49.0 Å². The molecule has 0 saturated heterocycles. The highest BCUT2D eigenvalue weighted by Crippen LogP contribution is 2.26. The quantitative estimate of drug-likeness (QED) is 0.472. The lowest BCUT2D eigenvalue weighted by Crippen LogP contribution is -2.39. The van der Waals surface area contributed by atoms with Crippen molar-refractivity contribution in [3.63, 3.8) is 0 Å². The average molecular weight is 439 g/mol. The van der Waals surface area contributed by atoms with Gasteiger partial charge in [-0.15, -0.1) is 0 Å². The number of rotatable bonds is 7. The van der Waals surface area contributed by atoms with Crippen LogP contribution in [0.4, 0.5) is 4.39 Å². The summed E-state index contributed by atoms with van der Waals surface area (Å²) in [6.45, 7) is 1.91. The molecule has 0 bridgehead atoms. The summed E-state index contributed by atoms with van der Waals surface area (Å²) < 4.78 is 23.7. The summed E-state index contributed by atoms with van der Waals surface area (Å²) in [5.41, 5.74) is 0.702. The van der Waals surface area contributed by atoms with Crippen molar-refractivity contribution in [3.8, 4) is 11.8 Å². The third-order valence-corrected chi connectivity index (χ3v) is 5.07. The highest BCUT2D eigenvalue weighted by atomic mass is 19.1. The summed E-state index contributed by atoms with van der Waals surface area (Å²) in [4.78, 5) is 34.7. The lowest BCUT2D eigenvalue weighted by Gasteiger charge is -2.11. The Balaban J connectivity index is 1.95. The number of hydrogen-bond donors (Lipinski definition) is 1. The Labute approximate surface area is 182 Å². The summed E-state index contributed by atoms with van der Waals surface area (Å²) in [6, 6.07) is 9.49. The fraction of sp³-hybridized carbons (Fsp3) is 0.273. The number of benzene rings is 1. The number of hydrogen-bond acceptors (Lipinski definition) is 6. The molecular weight excluding hydrogens is 417 g/mol. The van der Waals surface area contributed by atoms with E-state index in [4.69, 9.17) is 9.84 Å². The molecule has 0 aliphatic rings. The monoisotopic (exact) mass is 439 g/mol. The maximum atomic E-state index is 14.2. The zero-order chi connectivity index (χ0) is 22.8. The first kappa shape index (κ1) is 21.4. The van der Waals surface area contributed by atoms with Crippen LogP contribution in [0.15, 0.2) is 52.2 Å². The Morgan fingerprint density at radius 1 is 1.12 bits per heavy atom. The standard InChI is InChI=1S/C22H22FN5O4/c1-14-8-9-15(24-12-14)13-28-18-19(25-21(28)32-17-7-4-3-6-16(17)23)26(2)22(31)27(20(18)30)10-5-11-29/h3-4,6-9,12,29H,5,10-11,13H2,1-2H3. The van der Waals surface area contributed by atoms with Crippen molar-refractivity contribution >= 4 is 11.2 Å². The van der Waals surface area contributed by atoms with Crippen LogP contribution in [0.5, 0.6) is 11.8 Å². The first-order valence-corrected chi connectivity index (χ1v) is 10.1. The number of para-hydroxylation sites is 1. The molecule has 0 atom stereocenters. The zero-order valence-corrected chi connectivity index (χ0v) is 17.7. The molecule has 4 aromatic rings. The number of nitrogens with zero attached hydrogens (tertiary/aromatic N) is 5. The van der Waals surface area contributed by atoms with Crippen LogP contribution in [-0.2, 0) is 20.1 Å². The first-order valence-electron chi connectivity index (χ1n) is 10.1. The summed E-state index contributed by atoms with van der Waals surface area (Å²) in [7, 11) is 1.49. The maximum Gasteiger partial charge on any atom is 0.332 e. The van der Waals surface area contributed by atoms with E-state index in [0.29, 0.717) is 5.69 Å². The number of imidazole rings is 1. The van der Waals surface area contributed by atoms with Crippen LogP contribution in [0.3, 0.4) is 0 Å². The molecule has 4 rings (SSSR count). The second kappa shape index (κ2) is 8.75. The Morgan fingerprint density at radius 3 is 2.59 bits per heavy atom. The van der Waals surface area contributed by atoms with Crippen LogP contribution in [0.1, 0.15) is 17.7 Å². The van der Waals surface area contributed by atoms with Crippen LogP contribution in [0.25, 0.3) is 11.2 Å². The largest absolute Gasteiger partial charge is 0.422 e. The topological polar surface area (TPSA) is 104 Å². The summed E-state index contributed by atoms with van der Waals surface area (Å²) in [6.07, 6.45) is 1.94. The molecular formula is C22H22FN5O4. The molecule has 166 valence electrons. The van der Waals surface area contributed by atoms with Gasteiger partial charge in [-0.2, -0.15) is 4.98 Å². The number of pyridine rings is 1. The Bertz CT molecular complexity index is 1390. The first-order chi connectivity index (χ1) is 15.4. The summed E-state index contributed by atoms with van der Waals surface area (Å²) in [5.74, 6) is -0.652. The Morgan fingerprint density at radius 2 is 1.91 bits per heavy atom. The number of aliphatic hydroxyl groups is 1. The SMILES string of the molecule is Cc1ccc(Cn2c(Oc3ccccc3F)nc3c2c(=O)n(CCCO)c(=O)n3C)nc1. The molecule has 9 nitrogen and oxygen atoms in total. The van der Waals surface area contributed by atoms with E-state index in [9.17, 15) is 14.0 Å². The predicted octanol–water partition coefficient (Wildman–Crippen LogP) is 1.96. The van der Waals surface area contributed by atoms with Gasteiger partial charge < -0.3 is 9.84 Å². The molecule has 0 spiro atoms. The minimum atomic E-state index is -0.589. The van der Waals surface area contributed by atoms with Gasteiger partial charge in [-0.1, -0.05) is 18.2 Å². The molecule has 0 radical (unpaired) electrons. The molecule has 3 aromatic heterocycles. The molecule has 1 aromatic carbocycles. The van der Waals surface area contributed by atoms with Crippen molar-refractivity contribution in [2.24, 2.45) is 7.05 Å². The number of aryl methyl sites for hydroxylation is 2. The van der Waals surface area contributed by atoms with Gasteiger partial charge in [0.25, 0.3) is 5.56 Å². The van der Waals surface area contributed by atoms with E-state index in [1.807, 2.05) is 13.0 Å². The number of aliphatic hydroxyl groups excluding tert-OH is 1.